The molecular weight excluding hydrogens is 341 g/mol. The average Bonchev–Trinajstić information content (AvgIpc) is 2.96. The molecule has 1 amide bonds. The number of halogens is 3. The molecule has 0 radical (unpaired) electrons. The van der Waals surface area contributed by atoms with Crippen LogP contribution in [0, 0.1) is 5.41 Å². The van der Waals surface area contributed by atoms with Gasteiger partial charge in [0.25, 0.3) is 0 Å². The van der Waals surface area contributed by atoms with Crippen molar-refractivity contribution in [3.05, 3.63) is 22.4 Å². The summed E-state index contributed by atoms with van der Waals surface area (Å²) in [6.07, 6.45) is -1.46. The Morgan fingerprint density at radius 3 is 2.79 bits per heavy atom. The van der Waals surface area contributed by atoms with Crippen LogP contribution in [-0.2, 0) is 16.1 Å². The van der Waals surface area contributed by atoms with E-state index in [1.165, 1.54) is 0 Å². The summed E-state index contributed by atoms with van der Waals surface area (Å²) in [6.45, 7) is 0.403. The maximum atomic E-state index is 12.5. The van der Waals surface area contributed by atoms with E-state index in [9.17, 15) is 18.0 Å². The molecule has 0 bridgehead atoms. The third kappa shape index (κ3) is 4.29. The van der Waals surface area contributed by atoms with E-state index in [0.717, 1.165) is 37.9 Å². The van der Waals surface area contributed by atoms with E-state index in [1.807, 2.05) is 16.8 Å². The van der Waals surface area contributed by atoms with Gasteiger partial charge in [-0.05, 0) is 60.2 Å². The molecule has 1 atom stereocenters. The third-order valence-electron chi connectivity index (χ3n) is 4.87. The van der Waals surface area contributed by atoms with Crippen molar-refractivity contribution in [3.63, 3.8) is 0 Å². The summed E-state index contributed by atoms with van der Waals surface area (Å²) >= 11 is 1.55. The molecule has 1 saturated heterocycles. The molecule has 8 heteroatoms. The van der Waals surface area contributed by atoms with Gasteiger partial charge < -0.3 is 15.0 Å². The molecular formula is C16H21F3N2O2S. The fourth-order valence-electron chi connectivity index (χ4n) is 3.52. The Bertz CT molecular complexity index is 556. The first-order valence-electron chi connectivity index (χ1n) is 8.05. The number of piperidine rings is 1. The minimum Gasteiger partial charge on any atom is -0.362 e. The highest BCUT2D eigenvalue weighted by Gasteiger charge is 2.57. The van der Waals surface area contributed by atoms with E-state index in [2.05, 4.69) is 10.1 Å². The van der Waals surface area contributed by atoms with Crippen LogP contribution in [0.2, 0.25) is 0 Å². The second-order valence-electron chi connectivity index (χ2n) is 6.59. The van der Waals surface area contributed by atoms with Crippen molar-refractivity contribution in [2.75, 3.05) is 26.3 Å². The molecule has 1 aromatic rings. The molecule has 4 nitrogen and oxygen atoms in total. The number of carbonyl (C=O) groups is 1. The highest BCUT2D eigenvalue weighted by atomic mass is 32.1. The SMILES string of the molecule is O=C(COCC(F)(F)F)N(Cc1ccsc1)C1CC12CCNCC2. The van der Waals surface area contributed by atoms with E-state index >= 15 is 0 Å². The van der Waals surface area contributed by atoms with E-state index in [1.54, 1.807) is 16.2 Å². The lowest BCUT2D eigenvalue weighted by molar-refractivity contribution is -0.178. The Hall–Kier alpha value is -1.12. The fourth-order valence-corrected chi connectivity index (χ4v) is 4.18. The number of alkyl halides is 3. The van der Waals surface area contributed by atoms with Gasteiger partial charge in [-0.15, -0.1) is 0 Å². The molecule has 3 rings (SSSR count). The number of nitrogens with one attached hydrogen (secondary N) is 1. The molecule has 0 aromatic carbocycles. The second-order valence-corrected chi connectivity index (χ2v) is 7.37. The van der Waals surface area contributed by atoms with Crippen LogP contribution in [0.5, 0.6) is 0 Å². The molecule has 1 spiro atoms. The van der Waals surface area contributed by atoms with Crippen LogP contribution in [-0.4, -0.2) is 49.3 Å². The molecule has 1 aliphatic heterocycles. The second kappa shape index (κ2) is 7.01. The summed E-state index contributed by atoms with van der Waals surface area (Å²) in [5.74, 6) is -0.356. The van der Waals surface area contributed by atoms with Crippen molar-refractivity contribution in [2.24, 2.45) is 5.41 Å². The van der Waals surface area contributed by atoms with Crippen LogP contribution in [0.3, 0.4) is 0 Å². The number of rotatable bonds is 6. The highest BCUT2D eigenvalue weighted by molar-refractivity contribution is 7.07. The number of thiophene rings is 1. The summed E-state index contributed by atoms with van der Waals surface area (Å²) in [5.41, 5.74) is 1.15. The summed E-state index contributed by atoms with van der Waals surface area (Å²) in [6, 6.07) is 2.06. The van der Waals surface area contributed by atoms with Crippen molar-refractivity contribution in [1.82, 2.24) is 10.2 Å². The van der Waals surface area contributed by atoms with Crippen LogP contribution < -0.4 is 5.32 Å². The zero-order valence-corrected chi connectivity index (χ0v) is 14.1. The normalized spacial score (nSPS) is 22.5. The van der Waals surface area contributed by atoms with Gasteiger partial charge in [0.05, 0.1) is 0 Å². The van der Waals surface area contributed by atoms with Gasteiger partial charge in [0.15, 0.2) is 0 Å². The van der Waals surface area contributed by atoms with E-state index < -0.39 is 19.4 Å². The van der Waals surface area contributed by atoms with Gasteiger partial charge in [0, 0.05) is 12.6 Å². The number of hydrogen-bond donors (Lipinski definition) is 1. The molecule has 1 N–H and O–H groups in total. The third-order valence-corrected chi connectivity index (χ3v) is 5.60. The molecule has 1 aliphatic carbocycles. The predicted octanol–water partition coefficient (Wildman–Crippen LogP) is 2.80. The molecule has 2 fully saturated rings. The Morgan fingerprint density at radius 2 is 2.17 bits per heavy atom. The number of carbonyl (C=O) groups excluding carboxylic acids is 1. The lowest BCUT2D eigenvalue weighted by Crippen LogP contribution is -2.41. The zero-order chi connectivity index (χ0) is 17.2. The summed E-state index contributed by atoms with van der Waals surface area (Å²) in [5, 5.41) is 7.22. The van der Waals surface area contributed by atoms with E-state index in [-0.39, 0.29) is 17.4 Å². The maximum absolute atomic E-state index is 12.5. The molecule has 2 heterocycles. The van der Waals surface area contributed by atoms with Crippen LogP contribution in [0.15, 0.2) is 16.8 Å². The molecule has 1 unspecified atom stereocenters. The number of hydrogen-bond acceptors (Lipinski definition) is 4. The Morgan fingerprint density at radius 1 is 1.42 bits per heavy atom. The van der Waals surface area contributed by atoms with Crippen LogP contribution >= 0.6 is 11.3 Å². The lowest BCUT2D eigenvalue weighted by atomic mass is 9.93. The van der Waals surface area contributed by atoms with Gasteiger partial charge in [-0.1, -0.05) is 0 Å². The first-order chi connectivity index (χ1) is 11.4. The summed E-state index contributed by atoms with van der Waals surface area (Å²) in [4.78, 5) is 14.2. The number of ether oxygens (including phenoxy) is 1. The average molecular weight is 362 g/mol. The fraction of sp³-hybridized carbons (Fsp3) is 0.688. The Balaban J connectivity index is 1.63. The van der Waals surface area contributed by atoms with Crippen LogP contribution in [0.1, 0.15) is 24.8 Å². The zero-order valence-electron chi connectivity index (χ0n) is 13.3. The Kier molecular flexibility index (Phi) is 5.17. The molecule has 24 heavy (non-hydrogen) atoms. The first-order valence-corrected chi connectivity index (χ1v) is 9.00. The van der Waals surface area contributed by atoms with Gasteiger partial charge in [0.2, 0.25) is 5.91 Å². The minimum absolute atomic E-state index is 0.112. The van der Waals surface area contributed by atoms with Gasteiger partial charge in [-0.3, -0.25) is 4.79 Å². The Labute approximate surface area is 143 Å². The topological polar surface area (TPSA) is 41.6 Å². The van der Waals surface area contributed by atoms with Gasteiger partial charge >= 0.3 is 6.18 Å². The van der Waals surface area contributed by atoms with Crippen molar-refractivity contribution >= 4 is 17.2 Å². The number of amides is 1. The molecule has 2 aliphatic rings. The van der Waals surface area contributed by atoms with Crippen LogP contribution in [0.25, 0.3) is 0 Å². The maximum Gasteiger partial charge on any atom is 0.411 e. The predicted molar refractivity (Wildman–Crippen MR) is 84.7 cm³/mol. The van der Waals surface area contributed by atoms with Gasteiger partial charge in [-0.25, -0.2) is 0 Å². The minimum atomic E-state index is -4.41. The molecule has 1 aromatic heterocycles. The largest absolute Gasteiger partial charge is 0.411 e. The standard InChI is InChI=1S/C16H21F3N2O2S/c17-16(18,19)11-23-9-14(22)21(8-12-1-6-24-10-12)13-7-15(13)2-4-20-5-3-15/h1,6,10,13,20H,2-5,7-9,11H2. The van der Waals surface area contributed by atoms with Crippen molar-refractivity contribution in [1.29, 1.82) is 0 Å². The van der Waals surface area contributed by atoms with E-state index in [4.69, 9.17) is 0 Å². The monoisotopic (exact) mass is 362 g/mol. The lowest BCUT2D eigenvalue weighted by Gasteiger charge is -2.29. The van der Waals surface area contributed by atoms with E-state index in [0.29, 0.717) is 6.54 Å². The molecule has 1 saturated carbocycles. The highest BCUT2D eigenvalue weighted by Crippen LogP contribution is 2.56. The summed E-state index contributed by atoms with van der Waals surface area (Å²) < 4.78 is 41.2. The summed E-state index contributed by atoms with van der Waals surface area (Å²) in [7, 11) is 0. The van der Waals surface area contributed by atoms with Gasteiger partial charge in [0.1, 0.15) is 13.2 Å². The molecule has 134 valence electrons. The van der Waals surface area contributed by atoms with Crippen molar-refractivity contribution < 1.29 is 22.7 Å². The number of nitrogens with zero attached hydrogens (tertiary/aromatic N) is 1. The van der Waals surface area contributed by atoms with Crippen molar-refractivity contribution in [2.45, 2.75) is 38.0 Å². The van der Waals surface area contributed by atoms with Crippen LogP contribution in [0.4, 0.5) is 13.2 Å². The first kappa shape index (κ1) is 17.7. The van der Waals surface area contributed by atoms with Crippen molar-refractivity contribution in [3.8, 4) is 0 Å². The smallest absolute Gasteiger partial charge is 0.362 e. The van der Waals surface area contributed by atoms with Gasteiger partial charge in [-0.2, -0.15) is 24.5 Å². The quantitative estimate of drug-likeness (QED) is 0.846.